The maximum absolute atomic E-state index is 6.47. The Morgan fingerprint density at radius 1 is 1.21 bits per heavy atom. The number of aryl methyl sites for hydroxylation is 2. The van der Waals surface area contributed by atoms with Crippen LogP contribution in [0.1, 0.15) is 41.2 Å². The van der Waals surface area contributed by atoms with Gasteiger partial charge in [0.1, 0.15) is 0 Å². The molecule has 0 aliphatic heterocycles. The second-order valence-electron chi connectivity index (χ2n) is 5.49. The summed E-state index contributed by atoms with van der Waals surface area (Å²) in [6.07, 6.45) is 6.01. The van der Waals surface area contributed by atoms with Gasteiger partial charge in [0.25, 0.3) is 0 Å². The maximum atomic E-state index is 6.47. The largest absolute Gasteiger partial charge is 0.327 e. The van der Waals surface area contributed by atoms with Gasteiger partial charge >= 0.3 is 0 Å². The van der Waals surface area contributed by atoms with E-state index in [-0.39, 0.29) is 0 Å². The Bertz CT molecular complexity index is 517. The molecule has 1 heterocycles. The number of hydrogen-bond donors (Lipinski definition) is 1. The Morgan fingerprint density at radius 2 is 2.05 bits per heavy atom. The Hall–Kier alpha value is -1.12. The van der Waals surface area contributed by atoms with Crippen LogP contribution in [-0.2, 0) is 12.8 Å². The van der Waals surface area contributed by atoms with E-state index < -0.39 is 0 Å². The predicted octanol–water partition coefficient (Wildman–Crippen LogP) is 4.13. The van der Waals surface area contributed by atoms with Gasteiger partial charge < -0.3 is 5.73 Å². The normalized spacial score (nSPS) is 19.9. The van der Waals surface area contributed by atoms with E-state index in [4.69, 9.17) is 5.73 Å². The lowest BCUT2D eigenvalue weighted by molar-refractivity contribution is 0.445. The minimum absolute atomic E-state index is 0.300. The second-order valence-corrected chi connectivity index (χ2v) is 6.49. The molecule has 19 heavy (non-hydrogen) atoms. The molecule has 100 valence electrons. The molecule has 1 aromatic carbocycles. The van der Waals surface area contributed by atoms with E-state index in [1.807, 2.05) is 11.3 Å². The average molecular weight is 271 g/mol. The smallest absolute Gasteiger partial charge is 0.0111 e. The summed E-state index contributed by atoms with van der Waals surface area (Å²) in [5.41, 5.74) is 9.42. The zero-order valence-corrected chi connectivity index (χ0v) is 12.0. The summed E-state index contributed by atoms with van der Waals surface area (Å²) in [5.74, 6) is 0.582. The van der Waals surface area contributed by atoms with Gasteiger partial charge in [-0.3, -0.25) is 0 Å². The van der Waals surface area contributed by atoms with Crippen LogP contribution in [0.3, 0.4) is 0 Å². The third-order valence-corrected chi connectivity index (χ3v) is 5.22. The zero-order chi connectivity index (χ0) is 13.1. The van der Waals surface area contributed by atoms with E-state index in [2.05, 4.69) is 41.8 Å². The minimum atomic E-state index is 0.300. The van der Waals surface area contributed by atoms with E-state index in [1.165, 1.54) is 30.4 Å². The lowest BCUT2D eigenvalue weighted by Crippen LogP contribution is -2.30. The average Bonchev–Trinajstić information content (AvgIpc) is 2.94. The number of rotatable bonds is 4. The van der Waals surface area contributed by atoms with Gasteiger partial charge in [0, 0.05) is 16.8 Å². The molecule has 0 saturated carbocycles. The summed E-state index contributed by atoms with van der Waals surface area (Å²) in [6, 6.07) is 13.3. The van der Waals surface area contributed by atoms with Gasteiger partial charge in [-0.05, 0) is 54.7 Å². The molecule has 0 radical (unpaired) electrons. The summed E-state index contributed by atoms with van der Waals surface area (Å²) in [5, 5.41) is 2.23. The molecule has 3 rings (SSSR count). The Labute approximate surface area is 119 Å². The van der Waals surface area contributed by atoms with Crippen molar-refractivity contribution < 1.29 is 0 Å². The molecule has 0 saturated heterocycles. The highest BCUT2D eigenvalue weighted by molar-refractivity contribution is 7.10. The van der Waals surface area contributed by atoms with Crippen molar-refractivity contribution in [1.82, 2.24) is 0 Å². The highest BCUT2D eigenvalue weighted by Crippen LogP contribution is 2.37. The highest BCUT2D eigenvalue weighted by Gasteiger charge is 2.26. The SMILES string of the molecule is NC(CCc1ccccc1)C1CCCc2sccc21. The highest BCUT2D eigenvalue weighted by atomic mass is 32.1. The van der Waals surface area contributed by atoms with Gasteiger partial charge in [-0.15, -0.1) is 11.3 Å². The topological polar surface area (TPSA) is 26.0 Å². The van der Waals surface area contributed by atoms with E-state index in [0.717, 1.165) is 12.8 Å². The van der Waals surface area contributed by atoms with Gasteiger partial charge in [-0.2, -0.15) is 0 Å². The van der Waals surface area contributed by atoms with E-state index >= 15 is 0 Å². The summed E-state index contributed by atoms with van der Waals surface area (Å²) in [4.78, 5) is 1.58. The fourth-order valence-electron chi connectivity index (χ4n) is 3.15. The van der Waals surface area contributed by atoms with Gasteiger partial charge in [0.05, 0.1) is 0 Å². The molecule has 0 spiro atoms. The van der Waals surface area contributed by atoms with Crippen molar-refractivity contribution in [3.63, 3.8) is 0 Å². The predicted molar refractivity (Wildman–Crippen MR) is 82.7 cm³/mol. The van der Waals surface area contributed by atoms with Crippen LogP contribution in [-0.4, -0.2) is 6.04 Å². The van der Waals surface area contributed by atoms with E-state index in [1.54, 1.807) is 4.88 Å². The van der Waals surface area contributed by atoms with Crippen molar-refractivity contribution in [1.29, 1.82) is 0 Å². The van der Waals surface area contributed by atoms with Crippen molar-refractivity contribution in [2.24, 2.45) is 5.73 Å². The molecule has 2 N–H and O–H groups in total. The number of thiophene rings is 1. The van der Waals surface area contributed by atoms with E-state index in [9.17, 15) is 0 Å². The first-order chi connectivity index (χ1) is 9.34. The molecule has 1 nitrogen and oxygen atoms in total. The first-order valence-corrected chi connectivity index (χ1v) is 8.08. The molecule has 0 bridgehead atoms. The number of benzene rings is 1. The molecule has 2 atom stereocenters. The third-order valence-electron chi connectivity index (χ3n) is 4.22. The second kappa shape index (κ2) is 5.89. The van der Waals surface area contributed by atoms with Crippen LogP contribution in [0.4, 0.5) is 0 Å². The van der Waals surface area contributed by atoms with Gasteiger partial charge in [0.2, 0.25) is 0 Å². The Balaban J connectivity index is 1.64. The van der Waals surface area contributed by atoms with Crippen LogP contribution in [0, 0.1) is 0 Å². The molecule has 2 aromatic rings. The van der Waals surface area contributed by atoms with Gasteiger partial charge in [-0.25, -0.2) is 0 Å². The summed E-state index contributed by atoms with van der Waals surface area (Å²) in [7, 11) is 0. The molecular formula is C17H21NS. The molecule has 0 amide bonds. The van der Waals surface area contributed by atoms with Gasteiger partial charge in [-0.1, -0.05) is 30.3 Å². The fourth-order valence-corrected chi connectivity index (χ4v) is 4.14. The quantitative estimate of drug-likeness (QED) is 0.889. The number of hydrogen-bond acceptors (Lipinski definition) is 2. The van der Waals surface area contributed by atoms with Crippen molar-refractivity contribution in [2.75, 3.05) is 0 Å². The lowest BCUT2D eigenvalue weighted by Gasteiger charge is -2.28. The lowest BCUT2D eigenvalue weighted by atomic mass is 9.81. The van der Waals surface area contributed by atoms with Crippen LogP contribution in [0.5, 0.6) is 0 Å². The van der Waals surface area contributed by atoms with Gasteiger partial charge in [0.15, 0.2) is 0 Å². The molecule has 1 aliphatic carbocycles. The first kappa shape index (κ1) is 12.9. The Kier molecular flexibility index (Phi) is 4.00. The molecule has 2 unspecified atom stereocenters. The van der Waals surface area contributed by atoms with Crippen LogP contribution >= 0.6 is 11.3 Å². The maximum Gasteiger partial charge on any atom is 0.0111 e. The Morgan fingerprint density at radius 3 is 2.89 bits per heavy atom. The van der Waals surface area contributed by atoms with Crippen LogP contribution < -0.4 is 5.73 Å². The van der Waals surface area contributed by atoms with Crippen molar-refractivity contribution in [3.05, 3.63) is 57.8 Å². The zero-order valence-electron chi connectivity index (χ0n) is 11.2. The molecular weight excluding hydrogens is 250 g/mol. The van der Waals surface area contributed by atoms with Crippen LogP contribution in [0.15, 0.2) is 41.8 Å². The van der Waals surface area contributed by atoms with E-state index in [0.29, 0.717) is 12.0 Å². The summed E-state index contributed by atoms with van der Waals surface area (Å²) in [6.45, 7) is 0. The molecule has 1 aliphatic rings. The van der Waals surface area contributed by atoms with Crippen LogP contribution in [0.25, 0.3) is 0 Å². The standard InChI is InChI=1S/C17H21NS/c18-16(10-9-13-5-2-1-3-6-13)14-7-4-8-17-15(14)11-12-19-17/h1-3,5-6,11-12,14,16H,4,7-10,18H2. The summed E-state index contributed by atoms with van der Waals surface area (Å²) >= 11 is 1.91. The number of nitrogens with two attached hydrogens (primary N) is 1. The molecule has 2 heteroatoms. The molecule has 0 fully saturated rings. The van der Waals surface area contributed by atoms with Crippen molar-refractivity contribution in [2.45, 2.75) is 44.1 Å². The third kappa shape index (κ3) is 2.90. The summed E-state index contributed by atoms with van der Waals surface area (Å²) < 4.78 is 0. The molecule has 1 aromatic heterocycles. The monoisotopic (exact) mass is 271 g/mol. The van der Waals surface area contributed by atoms with Crippen LogP contribution in [0.2, 0.25) is 0 Å². The minimum Gasteiger partial charge on any atom is -0.327 e. The fraction of sp³-hybridized carbons (Fsp3) is 0.412. The number of fused-ring (bicyclic) bond motifs is 1. The van der Waals surface area contributed by atoms with Crippen molar-refractivity contribution >= 4 is 11.3 Å². The van der Waals surface area contributed by atoms with Crippen molar-refractivity contribution in [3.8, 4) is 0 Å². The first-order valence-electron chi connectivity index (χ1n) is 7.20.